The number of fused-ring (bicyclic) bond motifs is 2. The summed E-state index contributed by atoms with van der Waals surface area (Å²) < 4.78 is 28.0. The van der Waals surface area contributed by atoms with Crippen molar-refractivity contribution in [1.29, 1.82) is 0 Å². The topological polar surface area (TPSA) is 107 Å². The number of thiophene rings is 1. The van der Waals surface area contributed by atoms with Crippen LogP contribution in [0, 0.1) is 11.8 Å². The number of hydrogen-bond acceptors (Lipinski definition) is 6. The first kappa shape index (κ1) is 22.5. The van der Waals surface area contributed by atoms with Crippen molar-refractivity contribution >= 4 is 38.2 Å². The third-order valence-corrected chi connectivity index (χ3v) is 9.83. The molecule has 5 rings (SSSR count). The number of amides is 1. The van der Waals surface area contributed by atoms with Crippen LogP contribution in [-0.2, 0) is 27.7 Å². The van der Waals surface area contributed by atoms with E-state index in [2.05, 4.69) is 5.32 Å². The van der Waals surface area contributed by atoms with Gasteiger partial charge in [-0.2, -0.15) is 4.31 Å². The van der Waals surface area contributed by atoms with Gasteiger partial charge in [0, 0.05) is 36.6 Å². The Balaban J connectivity index is 1.27. The van der Waals surface area contributed by atoms with Crippen molar-refractivity contribution in [2.45, 2.75) is 30.6 Å². The summed E-state index contributed by atoms with van der Waals surface area (Å²) in [7, 11) is -3.73. The molecule has 3 heterocycles. The Labute approximate surface area is 197 Å². The minimum Gasteiger partial charge on any atom is -0.480 e. The molecule has 10 heteroatoms. The largest absolute Gasteiger partial charge is 0.480 e. The van der Waals surface area contributed by atoms with Crippen LogP contribution in [0.5, 0.6) is 0 Å². The lowest BCUT2D eigenvalue weighted by Gasteiger charge is -2.20. The summed E-state index contributed by atoms with van der Waals surface area (Å²) in [5, 5.41) is 12.7. The van der Waals surface area contributed by atoms with Crippen LogP contribution in [0.1, 0.15) is 33.6 Å². The number of anilines is 1. The lowest BCUT2D eigenvalue weighted by atomic mass is 10.00. The molecule has 2 unspecified atom stereocenters. The lowest BCUT2D eigenvalue weighted by molar-refractivity contribution is -0.138. The highest BCUT2D eigenvalue weighted by molar-refractivity contribution is 7.89. The van der Waals surface area contributed by atoms with Gasteiger partial charge in [-0.1, -0.05) is 6.07 Å². The number of carbonyl (C=O) groups excluding carboxylic acids is 1. The van der Waals surface area contributed by atoms with Gasteiger partial charge in [0.15, 0.2) is 0 Å². The number of likely N-dealkylation sites (tertiary alicyclic amines) is 1. The second-order valence-electron chi connectivity index (χ2n) is 9.18. The van der Waals surface area contributed by atoms with Crippen molar-refractivity contribution in [1.82, 2.24) is 9.21 Å². The van der Waals surface area contributed by atoms with E-state index in [1.807, 2.05) is 11.0 Å². The summed E-state index contributed by atoms with van der Waals surface area (Å²) in [4.78, 5) is 27.1. The molecule has 2 fully saturated rings. The SMILES string of the molecule is O=C(O)CN1CC2CN(S(=O)(=O)c3cccc(C(=O)Nc4cc5c(s4)CCCC5)c3)CC2C1. The summed E-state index contributed by atoms with van der Waals surface area (Å²) >= 11 is 1.60. The molecular formula is C23H27N3O5S2. The van der Waals surface area contributed by atoms with E-state index in [1.165, 1.54) is 39.7 Å². The van der Waals surface area contributed by atoms with Crippen LogP contribution >= 0.6 is 11.3 Å². The van der Waals surface area contributed by atoms with Crippen LogP contribution in [0.2, 0.25) is 0 Å². The number of aliphatic carboxylic acids is 1. The molecule has 1 aromatic heterocycles. The van der Waals surface area contributed by atoms with E-state index in [0.717, 1.165) is 17.8 Å². The van der Waals surface area contributed by atoms with Crippen molar-refractivity contribution in [3.63, 3.8) is 0 Å². The number of benzene rings is 1. The molecule has 0 saturated carbocycles. The highest BCUT2D eigenvalue weighted by Crippen LogP contribution is 2.35. The zero-order chi connectivity index (χ0) is 23.2. The predicted molar refractivity (Wildman–Crippen MR) is 125 cm³/mol. The molecule has 33 heavy (non-hydrogen) atoms. The Hall–Kier alpha value is -2.27. The third-order valence-electron chi connectivity index (χ3n) is 6.85. The zero-order valence-corrected chi connectivity index (χ0v) is 19.8. The number of hydrogen-bond donors (Lipinski definition) is 2. The van der Waals surface area contributed by atoms with Crippen LogP contribution in [0.4, 0.5) is 5.00 Å². The van der Waals surface area contributed by atoms with E-state index >= 15 is 0 Å². The maximum atomic E-state index is 13.3. The highest BCUT2D eigenvalue weighted by Gasteiger charge is 2.44. The number of nitrogens with zero attached hydrogens (tertiary/aromatic N) is 2. The van der Waals surface area contributed by atoms with Gasteiger partial charge in [-0.3, -0.25) is 14.5 Å². The van der Waals surface area contributed by atoms with E-state index in [4.69, 9.17) is 5.11 Å². The molecule has 0 radical (unpaired) electrons. The first-order chi connectivity index (χ1) is 15.8. The van der Waals surface area contributed by atoms with Gasteiger partial charge in [-0.15, -0.1) is 11.3 Å². The second kappa shape index (κ2) is 8.83. The van der Waals surface area contributed by atoms with Crippen LogP contribution in [0.3, 0.4) is 0 Å². The summed E-state index contributed by atoms with van der Waals surface area (Å²) in [5.41, 5.74) is 1.62. The smallest absolute Gasteiger partial charge is 0.317 e. The van der Waals surface area contributed by atoms with E-state index < -0.39 is 16.0 Å². The summed E-state index contributed by atoms with van der Waals surface area (Å²) in [5.74, 6) is -0.906. The van der Waals surface area contributed by atoms with Crippen LogP contribution in [-0.4, -0.2) is 67.3 Å². The van der Waals surface area contributed by atoms with Crippen LogP contribution in [0.25, 0.3) is 0 Å². The Kier molecular flexibility index (Phi) is 6.02. The van der Waals surface area contributed by atoms with Gasteiger partial charge in [0.05, 0.1) is 16.4 Å². The fourth-order valence-corrected chi connectivity index (χ4v) is 8.00. The third kappa shape index (κ3) is 4.57. The maximum absolute atomic E-state index is 13.3. The number of carboxylic acid groups (broad SMARTS) is 1. The van der Waals surface area contributed by atoms with Gasteiger partial charge in [0.1, 0.15) is 0 Å². The molecule has 0 spiro atoms. The van der Waals surface area contributed by atoms with Crippen LogP contribution in [0.15, 0.2) is 35.2 Å². The molecule has 2 aliphatic heterocycles. The monoisotopic (exact) mass is 489 g/mol. The summed E-state index contributed by atoms with van der Waals surface area (Å²) in [6.45, 7) is 1.93. The molecule has 2 saturated heterocycles. The zero-order valence-electron chi connectivity index (χ0n) is 18.2. The highest BCUT2D eigenvalue weighted by atomic mass is 32.2. The van der Waals surface area contributed by atoms with Crippen molar-refractivity contribution < 1.29 is 23.1 Å². The Morgan fingerprint density at radius 1 is 1.06 bits per heavy atom. The molecule has 1 aromatic carbocycles. The fourth-order valence-electron chi connectivity index (χ4n) is 5.25. The molecule has 8 nitrogen and oxygen atoms in total. The number of carbonyl (C=O) groups is 2. The maximum Gasteiger partial charge on any atom is 0.317 e. The molecule has 2 aromatic rings. The van der Waals surface area contributed by atoms with Crippen molar-refractivity contribution in [3.05, 3.63) is 46.3 Å². The minimum absolute atomic E-state index is 0.00979. The minimum atomic E-state index is -3.73. The van der Waals surface area contributed by atoms with Gasteiger partial charge in [0.25, 0.3) is 5.91 Å². The van der Waals surface area contributed by atoms with Gasteiger partial charge in [-0.25, -0.2) is 8.42 Å². The number of carboxylic acids is 1. The quantitative estimate of drug-likeness (QED) is 0.646. The Morgan fingerprint density at radius 3 is 2.48 bits per heavy atom. The normalized spacial score (nSPS) is 23.3. The Morgan fingerprint density at radius 2 is 1.79 bits per heavy atom. The molecule has 3 aliphatic rings. The average molecular weight is 490 g/mol. The molecule has 176 valence electrons. The number of sulfonamides is 1. The van der Waals surface area contributed by atoms with Gasteiger partial charge in [0.2, 0.25) is 10.0 Å². The summed E-state index contributed by atoms with van der Waals surface area (Å²) in [6, 6.07) is 8.25. The predicted octanol–water partition coefficient (Wildman–Crippen LogP) is 2.52. The lowest BCUT2D eigenvalue weighted by Crippen LogP contribution is -2.35. The number of nitrogens with one attached hydrogen (secondary N) is 1. The van der Waals surface area contributed by atoms with E-state index in [-0.39, 0.29) is 29.2 Å². The first-order valence-corrected chi connectivity index (χ1v) is 13.5. The van der Waals surface area contributed by atoms with E-state index in [0.29, 0.717) is 31.7 Å². The molecule has 1 aliphatic carbocycles. The molecule has 0 bridgehead atoms. The fraction of sp³-hybridized carbons (Fsp3) is 0.478. The molecule has 2 atom stereocenters. The standard InChI is InChI=1S/C23H27N3O5S2/c27-22(28)14-25-10-17-12-26(13-18(17)11-25)33(30,31)19-6-3-5-16(8-19)23(29)24-21-9-15-4-1-2-7-20(15)32-21/h3,5-6,8-9,17-18H,1-2,4,7,10-14H2,(H,24,29)(H,27,28). The van der Waals surface area contributed by atoms with Crippen molar-refractivity contribution in [2.24, 2.45) is 11.8 Å². The van der Waals surface area contributed by atoms with Gasteiger partial charge >= 0.3 is 5.97 Å². The molecular weight excluding hydrogens is 462 g/mol. The van der Waals surface area contributed by atoms with E-state index in [1.54, 1.807) is 23.5 Å². The molecule has 1 amide bonds. The average Bonchev–Trinajstić information content (AvgIpc) is 3.46. The van der Waals surface area contributed by atoms with E-state index in [9.17, 15) is 18.0 Å². The van der Waals surface area contributed by atoms with Gasteiger partial charge in [-0.05, 0) is 67.3 Å². The van der Waals surface area contributed by atoms with Crippen molar-refractivity contribution in [2.75, 3.05) is 38.0 Å². The number of rotatable bonds is 6. The number of aryl methyl sites for hydroxylation is 2. The summed E-state index contributed by atoms with van der Waals surface area (Å²) in [6.07, 6.45) is 4.44. The molecule has 2 N–H and O–H groups in total. The van der Waals surface area contributed by atoms with Crippen molar-refractivity contribution in [3.8, 4) is 0 Å². The van der Waals surface area contributed by atoms with Gasteiger partial charge < -0.3 is 10.4 Å². The second-order valence-corrected chi connectivity index (χ2v) is 12.3. The van der Waals surface area contributed by atoms with Crippen LogP contribution < -0.4 is 5.32 Å². The Bertz CT molecular complexity index is 1150. The first-order valence-electron chi connectivity index (χ1n) is 11.3.